The van der Waals surface area contributed by atoms with Gasteiger partial charge in [0, 0.05) is 23.8 Å². The van der Waals surface area contributed by atoms with Gasteiger partial charge in [-0.1, -0.05) is 23.9 Å². The van der Waals surface area contributed by atoms with E-state index in [9.17, 15) is 14.9 Å². The van der Waals surface area contributed by atoms with E-state index < -0.39 is 4.92 Å². The maximum Gasteiger partial charge on any atom is 0.269 e. The van der Waals surface area contributed by atoms with Gasteiger partial charge in [-0.05, 0) is 5.56 Å². The van der Waals surface area contributed by atoms with Crippen LogP contribution in [0.25, 0.3) is 0 Å². The Labute approximate surface area is 111 Å². The molecule has 0 saturated carbocycles. The maximum absolute atomic E-state index is 11.9. The Balaban J connectivity index is 1.94. The van der Waals surface area contributed by atoms with Crippen LogP contribution in [0.3, 0.4) is 0 Å². The van der Waals surface area contributed by atoms with Crippen molar-refractivity contribution in [3.8, 4) is 0 Å². The summed E-state index contributed by atoms with van der Waals surface area (Å²) in [5.41, 5.74) is 0.777. The predicted molar refractivity (Wildman–Crippen MR) is 67.0 cm³/mol. The van der Waals surface area contributed by atoms with Crippen molar-refractivity contribution in [3.05, 3.63) is 46.3 Å². The molecule has 1 aliphatic heterocycles. The molecule has 1 aromatic heterocycles. The first-order valence-electron chi connectivity index (χ1n) is 5.49. The third kappa shape index (κ3) is 2.10. The van der Waals surface area contributed by atoms with Crippen LogP contribution in [0.1, 0.15) is 22.0 Å². The number of thioether (sulfide) groups is 1. The zero-order valence-electron chi connectivity index (χ0n) is 9.59. The van der Waals surface area contributed by atoms with Crippen molar-refractivity contribution in [2.45, 2.75) is 16.8 Å². The standard InChI is InChI=1S/C11H8N4O3S/c16-10-5-9(19-11-13-12-6-14(10)11)7-2-1-3-8(4-7)15(17)18/h1-4,6,9H,5H2. The van der Waals surface area contributed by atoms with Crippen LogP contribution in [0.4, 0.5) is 5.69 Å². The molecule has 1 atom stereocenters. The lowest BCUT2D eigenvalue weighted by molar-refractivity contribution is -0.384. The number of benzene rings is 1. The highest BCUT2D eigenvalue weighted by Gasteiger charge is 2.28. The van der Waals surface area contributed by atoms with Crippen molar-refractivity contribution in [2.24, 2.45) is 0 Å². The third-order valence-corrected chi connectivity index (χ3v) is 4.06. The number of carbonyl (C=O) groups excluding carboxylic acids is 1. The lowest BCUT2D eigenvalue weighted by Gasteiger charge is -2.20. The number of rotatable bonds is 2. The van der Waals surface area contributed by atoms with E-state index in [0.717, 1.165) is 5.56 Å². The zero-order chi connectivity index (χ0) is 13.4. The van der Waals surface area contributed by atoms with Gasteiger partial charge in [-0.15, -0.1) is 10.2 Å². The molecule has 7 nitrogen and oxygen atoms in total. The van der Waals surface area contributed by atoms with Gasteiger partial charge in [-0.25, -0.2) is 4.57 Å². The minimum absolute atomic E-state index is 0.0255. The molecule has 8 heteroatoms. The molecule has 2 aromatic rings. The Morgan fingerprint density at radius 2 is 2.32 bits per heavy atom. The van der Waals surface area contributed by atoms with Crippen LogP contribution in [0, 0.1) is 10.1 Å². The number of carbonyl (C=O) groups is 1. The van der Waals surface area contributed by atoms with Crippen LogP contribution in [0.15, 0.2) is 35.7 Å². The van der Waals surface area contributed by atoms with E-state index >= 15 is 0 Å². The Hall–Kier alpha value is -2.22. The second-order valence-corrected chi connectivity index (χ2v) is 5.21. The van der Waals surface area contributed by atoms with Crippen molar-refractivity contribution >= 4 is 23.4 Å². The molecule has 1 aromatic carbocycles. The Morgan fingerprint density at radius 3 is 3.11 bits per heavy atom. The number of nitro groups is 1. The van der Waals surface area contributed by atoms with Crippen molar-refractivity contribution in [2.75, 3.05) is 0 Å². The second-order valence-electron chi connectivity index (χ2n) is 4.04. The van der Waals surface area contributed by atoms with Crippen LogP contribution in [-0.2, 0) is 0 Å². The topological polar surface area (TPSA) is 90.9 Å². The summed E-state index contributed by atoms with van der Waals surface area (Å²) in [4.78, 5) is 22.2. The lowest BCUT2D eigenvalue weighted by atomic mass is 10.1. The second kappa shape index (κ2) is 4.47. The maximum atomic E-state index is 11.9. The van der Waals surface area contributed by atoms with Gasteiger partial charge in [-0.2, -0.15) is 0 Å². The van der Waals surface area contributed by atoms with E-state index in [2.05, 4.69) is 10.2 Å². The summed E-state index contributed by atoms with van der Waals surface area (Å²) in [5, 5.41) is 18.7. The van der Waals surface area contributed by atoms with Gasteiger partial charge >= 0.3 is 0 Å². The highest BCUT2D eigenvalue weighted by atomic mass is 32.2. The minimum Gasteiger partial charge on any atom is -0.274 e. The Bertz CT molecular complexity index is 669. The van der Waals surface area contributed by atoms with E-state index in [1.807, 2.05) is 0 Å². The summed E-state index contributed by atoms with van der Waals surface area (Å²) < 4.78 is 1.40. The van der Waals surface area contributed by atoms with E-state index in [1.54, 1.807) is 12.1 Å². The summed E-state index contributed by atoms with van der Waals surface area (Å²) in [6.45, 7) is 0. The first-order valence-corrected chi connectivity index (χ1v) is 6.37. The van der Waals surface area contributed by atoms with Crippen LogP contribution in [-0.4, -0.2) is 25.6 Å². The first-order chi connectivity index (χ1) is 9.15. The van der Waals surface area contributed by atoms with Crippen LogP contribution in [0.5, 0.6) is 0 Å². The average molecular weight is 276 g/mol. The van der Waals surface area contributed by atoms with E-state index in [1.165, 1.54) is 34.8 Å². The number of non-ortho nitro benzene ring substituents is 1. The molecule has 96 valence electrons. The number of nitro benzene ring substituents is 1. The SMILES string of the molecule is O=C1CC(c2cccc([N+](=O)[O-])c2)Sc2nncn21. The summed E-state index contributed by atoms with van der Waals surface area (Å²) in [6.07, 6.45) is 1.66. The number of hydrogen-bond acceptors (Lipinski definition) is 6. The molecule has 0 fully saturated rings. The Morgan fingerprint density at radius 1 is 1.47 bits per heavy atom. The average Bonchev–Trinajstić information content (AvgIpc) is 2.87. The van der Waals surface area contributed by atoms with Crippen LogP contribution >= 0.6 is 11.8 Å². The van der Waals surface area contributed by atoms with Gasteiger partial charge in [0.15, 0.2) is 5.16 Å². The van der Waals surface area contributed by atoms with E-state index in [0.29, 0.717) is 5.16 Å². The molecule has 19 heavy (non-hydrogen) atoms. The molecule has 0 radical (unpaired) electrons. The molecule has 0 amide bonds. The summed E-state index contributed by atoms with van der Waals surface area (Å²) >= 11 is 1.39. The van der Waals surface area contributed by atoms with Gasteiger partial charge in [0.1, 0.15) is 6.33 Å². The van der Waals surface area contributed by atoms with Crippen molar-refractivity contribution < 1.29 is 9.72 Å². The fourth-order valence-electron chi connectivity index (χ4n) is 1.93. The van der Waals surface area contributed by atoms with E-state index in [-0.39, 0.29) is 23.3 Å². The Kier molecular flexibility index (Phi) is 2.79. The monoisotopic (exact) mass is 276 g/mol. The smallest absolute Gasteiger partial charge is 0.269 e. The van der Waals surface area contributed by atoms with Gasteiger partial charge in [0.25, 0.3) is 5.69 Å². The molecule has 2 heterocycles. The molecule has 0 N–H and O–H groups in total. The van der Waals surface area contributed by atoms with Gasteiger partial charge in [0.05, 0.1) is 4.92 Å². The summed E-state index contributed by atoms with van der Waals surface area (Å²) in [5.74, 6) is -0.102. The molecule has 0 spiro atoms. The molecule has 1 aliphatic rings. The fourth-order valence-corrected chi connectivity index (χ4v) is 3.05. The lowest BCUT2D eigenvalue weighted by Crippen LogP contribution is -2.19. The predicted octanol–water partition coefficient (Wildman–Crippen LogP) is 2.06. The molecule has 0 saturated heterocycles. The number of hydrogen-bond donors (Lipinski definition) is 0. The van der Waals surface area contributed by atoms with Crippen molar-refractivity contribution in [3.63, 3.8) is 0 Å². The van der Waals surface area contributed by atoms with E-state index in [4.69, 9.17) is 0 Å². The first kappa shape index (κ1) is 11.8. The summed E-state index contributed by atoms with van der Waals surface area (Å²) in [6, 6.07) is 6.33. The molecule has 1 unspecified atom stereocenters. The summed E-state index contributed by atoms with van der Waals surface area (Å²) in [7, 11) is 0. The minimum atomic E-state index is -0.443. The largest absolute Gasteiger partial charge is 0.274 e. The zero-order valence-corrected chi connectivity index (χ0v) is 10.4. The number of nitrogens with zero attached hydrogens (tertiary/aromatic N) is 4. The van der Waals surface area contributed by atoms with Crippen LogP contribution in [0.2, 0.25) is 0 Å². The highest BCUT2D eigenvalue weighted by Crippen LogP contribution is 2.41. The van der Waals surface area contributed by atoms with Crippen molar-refractivity contribution in [1.29, 1.82) is 0 Å². The third-order valence-electron chi connectivity index (χ3n) is 2.85. The van der Waals surface area contributed by atoms with Crippen molar-refractivity contribution in [1.82, 2.24) is 14.8 Å². The normalized spacial score (nSPS) is 18.1. The van der Waals surface area contributed by atoms with Gasteiger partial charge < -0.3 is 0 Å². The molecule has 0 aliphatic carbocycles. The number of fused-ring (bicyclic) bond motifs is 1. The van der Waals surface area contributed by atoms with Crippen LogP contribution < -0.4 is 0 Å². The molecular weight excluding hydrogens is 268 g/mol. The molecule has 0 bridgehead atoms. The fraction of sp³-hybridized carbons (Fsp3) is 0.182. The quantitative estimate of drug-likeness (QED) is 0.616. The molecule has 3 rings (SSSR count). The van der Waals surface area contributed by atoms with Gasteiger partial charge in [-0.3, -0.25) is 14.9 Å². The van der Waals surface area contributed by atoms with Gasteiger partial charge in [0.2, 0.25) is 5.91 Å². The highest BCUT2D eigenvalue weighted by molar-refractivity contribution is 7.99. The number of aromatic nitrogens is 3. The molecular formula is C11H8N4O3S.